The van der Waals surface area contributed by atoms with Crippen LogP contribution in [0.25, 0.3) is 0 Å². The molecule has 0 bridgehead atoms. The second-order valence-corrected chi connectivity index (χ2v) is 5.15. The summed E-state index contributed by atoms with van der Waals surface area (Å²) in [6, 6.07) is 2.96. The lowest BCUT2D eigenvalue weighted by molar-refractivity contribution is -0.137. The fourth-order valence-corrected chi connectivity index (χ4v) is 2.54. The highest BCUT2D eigenvalue weighted by atomic mass is 35.5. The summed E-state index contributed by atoms with van der Waals surface area (Å²) >= 11 is 11.4. The molecule has 1 aromatic carbocycles. The molecule has 17 heavy (non-hydrogen) atoms. The standard InChI is InChI=1S/C12H11Cl2FO2/c13-9-3-7(4-10(14)12(9)15)8(5-11(16)17)6-1-2-6/h3-4,6,8H,1-2,5H2,(H,16,17). The number of carboxylic acids is 1. The van der Waals surface area contributed by atoms with E-state index < -0.39 is 11.8 Å². The van der Waals surface area contributed by atoms with E-state index in [0.29, 0.717) is 11.5 Å². The van der Waals surface area contributed by atoms with Crippen LogP contribution in [0.2, 0.25) is 10.0 Å². The number of halogens is 3. The zero-order chi connectivity index (χ0) is 12.6. The summed E-state index contributed by atoms with van der Waals surface area (Å²) in [5, 5.41) is 8.77. The molecule has 0 heterocycles. The highest BCUT2D eigenvalue weighted by Crippen LogP contribution is 2.45. The smallest absolute Gasteiger partial charge is 0.303 e. The van der Waals surface area contributed by atoms with Crippen molar-refractivity contribution in [3.05, 3.63) is 33.6 Å². The van der Waals surface area contributed by atoms with Crippen LogP contribution in [0.15, 0.2) is 12.1 Å². The third-order valence-corrected chi connectivity index (χ3v) is 3.57. The molecule has 0 amide bonds. The van der Waals surface area contributed by atoms with E-state index in [2.05, 4.69) is 0 Å². The van der Waals surface area contributed by atoms with Gasteiger partial charge in [-0.3, -0.25) is 4.79 Å². The lowest BCUT2D eigenvalue weighted by atomic mass is 9.91. The molecule has 1 aliphatic carbocycles. The molecule has 0 aliphatic heterocycles. The van der Waals surface area contributed by atoms with E-state index in [1.54, 1.807) is 0 Å². The van der Waals surface area contributed by atoms with Gasteiger partial charge in [-0.1, -0.05) is 23.2 Å². The topological polar surface area (TPSA) is 37.3 Å². The van der Waals surface area contributed by atoms with Gasteiger partial charge in [0.1, 0.15) is 0 Å². The molecule has 0 aromatic heterocycles. The molecule has 0 saturated heterocycles. The molecular formula is C12H11Cl2FO2. The molecule has 1 unspecified atom stereocenters. The van der Waals surface area contributed by atoms with Crippen LogP contribution in [0.5, 0.6) is 0 Å². The van der Waals surface area contributed by atoms with E-state index >= 15 is 0 Å². The molecule has 1 N–H and O–H groups in total. The summed E-state index contributed by atoms with van der Waals surface area (Å²) in [6.07, 6.45) is 2.04. The second kappa shape index (κ2) is 4.83. The summed E-state index contributed by atoms with van der Waals surface area (Å²) in [7, 11) is 0. The SMILES string of the molecule is O=C(O)CC(c1cc(Cl)c(F)c(Cl)c1)C1CC1. The first-order chi connectivity index (χ1) is 7.99. The summed E-state index contributed by atoms with van der Waals surface area (Å²) in [6.45, 7) is 0. The third kappa shape index (κ3) is 2.90. The van der Waals surface area contributed by atoms with Crippen LogP contribution >= 0.6 is 23.2 Å². The Morgan fingerprint density at radius 3 is 2.35 bits per heavy atom. The average molecular weight is 277 g/mol. The lowest BCUT2D eigenvalue weighted by Gasteiger charge is -2.15. The van der Waals surface area contributed by atoms with Crippen molar-refractivity contribution in [1.29, 1.82) is 0 Å². The van der Waals surface area contributed by atoms with Crippen LogP contribution in [0.1, 0.15) is 30.7 Å². The van der Waals surface area contributed by atoms with E-state index in [9.17, 15) is 9.18 Å². The number of rotatable bonds is 4. The van der Waals surface area contributed by atoms with Crippen molar-refractivity contribution in [3.63, 3.8) is 0 Å². The molecule has 2 nitrogen and oxygen atoms in total. The molecular weight excluding hydrogens is 266 g/mol. The third-order valence-electron chi connectivity index (χ3n) is 3.02. The van der Waals surface area contributed by atoms with Crippen LogP contribution in [0.4, 0.5) is 4.39 Å². The van der Waals surface area contributed by atoms with E-state index in [1.165, 1.54) is 12.1 Å². The van der Waals surface area contributed by atoms with Crippen LogP contribution in [-0.2, 0) is 4.79 Å². The quantitative estimate of drug-likeness (QED) is 0.841. The highest BCUT2D eigenvalue weighted by Gasteiger charge is 2.34. The molecule has 5 heteroatoms. The molecule has 1 aromatic rings. The van der Waals surface area contributed by atoms with Gasteiger partial charge >= 0.3 is 5.97 Å². The molecule has 92 valence electrons. The lowest BCUT2D eigenvalue weighted by Crippen LogP contribution is -2.08. The molecule has 2 rings (SSSR count). The van der Waals surface area contributed by atoms with Crippen molar-refractivity contribution >= 4 is 29.2 Å². The first-order valence-electron chi connectivity index (χ1n) is 5.35. The van der Waals surface area contributed by atoms with Crippen molar-refractivity contribution in [2.75, 3.05) is 0 Å². The maximum atomic E-state index is 13.3. The largest absolute Gasteiger partial charge is 0.481 e. The van der Waals surface area contributed by atoms with Crippen molar-refractivity contribution < 1.29 is 14.3 Å². The van der Waals surface area contributed by atoms with Crippen molar-refractivity contribution in [1.82, 2.24) is 0 Å². The zero-order valence-electron chi connectivity index (χ0n) is 8.92. The number of hydrogen-bond acceptors (Lipinski definition) is 1. The Balaban J connectivity index is 2.32. The van der Waals surface area contributed by atoms with Crippen LogP contribution in [-0.4, -0.2) is 11.1 Å². The summed E-state index contributed by atoms with van der Waals surface area (Å²) < 4.78 is 13.3. The van der Waals surface area contributed by atoms with Gasteiger partial charge in [0.05, 0.1) is 16.5 Å². The van der Waals surface area contributed by atoms with Gasteiger partial charge in [0.15, 0.2) is 5.82 Å². The first-order valence-corrected chi connectivity index (χ1v) is 6.11. The van der Waals surface area contributed by atoms with Crippen molar-refractivity contribution in [2.45, 2.75) is 25.2 Å². The van der Waals surface area contributed by atoms with Crippen LogP contribution in [0.3, 0.4) is 0 Å². The molecule has 1 aliphatic rings. The predicted molar refractivity (Wildman–Crippen MR) is 64.1 cm³/mol. The number of hydrogen-bond donors (Lipinski definition) is 1. The normalized spacial score (nSPS) is 16.9. The van der Waals surface area contributed by atoms with Crippen molar-refractivity contribution in [3.8, 4) is 0 Å². The Hall–Kier alpha value is -0.800. The summed E-state index contributed by atoms with van der Waals surface area (Å²) in [4.78, 5) is 10.8. The number of carbonyl (C=O) groups is 1. The number of aliphatic carboxylic acids is 1. The molecule has 0 spiro atoms. The number of carboxylic acid groups (broad SMARTS) is 1. The minimum atomic E-state index is -0.863. The Bertz CT molecular complexity index is 435. The van der Waals surface area contributed by atoms with E-state index in [-0.39, 0.29) is 22.4 Å². The van der Waals surface area contributed by atoms with E-state index in [4.69, 9.17) is 28.3 Å². The Morgan fingerprint density at radius 2 is 1.94 bits per heavy atom. The minimum absolute atomic E-state index is 0.0307. The van der Waals surface area contributed by atoms with Gasteiger partial charge in [0.25, 0.3) is 0 Å². The predicted octanol–water partition coefficient (Wildman–Crippen LogP) is 4.10. The monoisotopic (exact) mass is 276 g/mol. The summed E-state index contributed by atoms with van der Waals surface area (Å²) in [5.41, 5.74) is 0.714. The van der Waals surface area contributed by atoms with E-state index in [0.717, 1.165) is 12.8 Å². The zero-order valence-corrected chi connectivity index (χ0v) is 10.4. The van der Waals surface area contributed by atoms with Gasteiger partial charge in [-0.25, -0.2) is 4.39 Å². The molecule has 1 fully saturated rings. The fraction of sp³-hybridized carbons (Fsp3) is 0.417. The number of benzene rings is 1. The van der Waals surface area contributed by atoms with Gasteiger partial charge in [0, 0.05) is 0 Å². The highest BCUT2D eigenvalue weighted by molar-refractivity contribution is 6.35. The second-order valence-electron chi connectivity index (χ2n) is 4.34. The molecule has 1 atom stereocenters. The Kier molecular flexibility index (Phi) is 3.59. The maximum Gasteiger partial charge on any atom is 0.303 e. The molecule has 0 radical (unpaired) electrons. The van der Waals surface area contributed by atoms with Crippen LogP contribution in [0, 0.1) is 11.7 Å². The minimum Gasteiger partial charge on any atom is -0.481 e. The van der Waals surface area contributed by atoms with Gasteiger partial charge in [-0.05, 0) is 42.4 Å². The van der Waals surface area contributed by atoms with Gasteiger partial charge in [0.2, 0.25) is 0 Å². The van der Waals surface area contributed by atoms with Crippen LogP contribution < -0.4 is 0 Å². The molecule has 1 saturated carbocycles. The van der Waals surface area contributed by atoms with Gasteiger partial charge in [-0.2, -0.15) is 0 Å². The fourth-order valence-electron chi connectivity index (χ4n) is 2.03. The summed E-state index contributed by atoms with van der Waals surface area (Å²) in [5.74, 6) is -1.28. The van der Waals surface area contributed by atoms with Crippen molar-refractivity contribution in [2.24, 2.45) is 5.92 Å². The average Bonchev–Trinajstić information content (AvgIpc) is 3.05. The Morgan fingerprint density at radius 1 is 1.41 bits per heavy atom. The van der Waals surface area contributed by atoms with Gasteiger partial charge in [-0.15, -0.1) is 0 Å². The van der Waals surface area contributed by atoms with Gasteiger partial charge < -0.3 is 5.11 Å². The van der Waals surface area contributed by atoms with E-state index in [1.807, 2.05) is 0 Å². The Labute approximate surface area is 108 Å². The first kappa shape index (κ1) is 12.7. The maximum absolute atomic E-state index is 13.3.